The molecule has 2 heterocycles. The van der Waals surface area contributed by atoms with Crippen molar-refractivity contribution in [2.75, 3.05) is 26.2 Å². The zero-order valence-electron chi connectivity index (χ0n) is 13.3. The number of hydrogen-bond donors (Lipinski definition) is 0. The normalized spacial score (nSPS) is 14.7. The van der Waals surface area contributed by atoms with Gasteiger partial charge in [-0.15, -0.1) is 0 Å². The molecule has 6 heteroatoms. The van der Waals surface area contributed by atoms with Crippen LogP contribution in [0.1, 0.15) is 22.5 Å². The van der Waals surface area contributed by atoms with Crippen molar-refractivity contribution < 1.29 is 14.0 Å². The molecule has 24 heavy (non-hydrogen) atoms. The van der Waals surface area contributed by atoms with Crippen molar-refractivity contribution in [3.8, 4) is 0 Å². The second-order valence-corrected chi connectivity index (χ2v) is 6.67. The lowest BCUT2D eigenvalue weighted by Gasteiger charge is -2.34. The van der Waals surface area contributed by atoms with E-state index in [1.54, 1.807) is 11.2 Å². The summed E-state index contributed by atoms with van der Waals surface area (Å²) in [5.41, 5.74) is 0.677. The van der Waals surface area contributed by atoms with Crippen LogP contribution in [0.15, 0.2) is 51.6 Å². The highest BCUT2D eigenvalue weighted by Gasteiger charge is 2.24. The van der Waals surface area contributed by atoms with Crippen molar-refractivity contribution in [3.05, 3.63) is 58.5 Å². The molecule has 1 aliphatic rings. The van der Waals surface area contributed by atoms with Gasteiger partial charge in [0.2, 0.25) is 5.91 Å². The number of aryl methyl sites for hydroxylation is 1. The zero-order valence-corrected chi connectivity index (χ0v) is 14.9. The molecule has 1 aromatic heterocycles. The summed E-state index contributed by atoms with van der Waals surface area (Å²) < 4.78 is 6.20. The zero-order chi connectivity index (χ0) is 16.9. The topological polar surface area (TPSA) is 53.8 Å². The third-order valence-electron chi connectivity index (χ3n) is 4.18. The van der Waals surface area contributed by atoms with E-state index < -0.39 is 0 Å². The summed E-state index contributed by atoms with van der Waals surface area (Å²) in [6.07, 6.45) is 2.67. The van der Waals surface area contributed by atoms with Crippen LogP contribution in [0.3, 0.4) is 0 Å². The first-order valence-electron chi connectivity index (χ1n) is 7.98. The first-order valence-corrected chi connectivity index (χ1v) is 8.78. The number of carbonyl (C=O) groups excluding carboxylic acids is 2. The van der Waals surface area contributed by atoms with Crippen LogP contribution in [0.25, 0.3) is 0 Å². The van der Waals surface area contributed by atoms with E-state index >= 15 is 0 Å². The van der Waals surface area contributed by atoms with Gasteiger partial charge >= 0.3 is 0 Å². The number of benzene rings is 1. The minimum absolute atomic E-state index is 0.0187. The van der Waals surface area contributed by atoms with Gasteiger partial charge in [-0.05, 0) is 36.4 Å². The number of halogens is 1. The highest BCUT2D eigenvalue weighted by Crippen LogP contribution is 2.14. The van der Waals surface area contributed by atoms with Gasteiger partial charge in [0.25, 0.3) is 5.91 Å². The number of piperazine rings is 1. The molecule has 1 fully saturated rings. The molecule has 0 radical (unpaired) electrons. The van der Waals surface area contributed by atoms with Crippen LogP contribution in [-0.2, 0) is 11.2 Å². The maximum atomic E-state index is 12.5. The Balaban J connectivity index is 1.49. The molecule has 1 saturated heterocycles. The lowest BCUT2D eigenvalue weighted by molar-refractivity contribution is -0.132. The fourth-order valence-electron chi connectivity index (χ4n) is 2.78. The van der Waals surface area contributed by atoms with Gasteiger partial charge in [-0.25, -0.2) is 0 Å². The fourth-order valence-corrected chi connectivity index (χ4v) is 3.04. The minimum Gasteiger partial charge on any atom is -0.469 e. The lowest BCUT2D eigenvalue weighted by Crippen LogP contribution is -2.50. The van der Waals surface area contributed by atoms with Crippen molar-refractivity contribution in [3.63, 3.8) is 0 Å². The van der Waals surface area contributed by atoms with E-state index in [9.17, 15) is 9.59 Å². The summed E-state index contributed by atoms with van der Waals surface area (Å²) in [5, 5.41) is 0. The quantitative estimate of drug-likeness (QED) is 0.806. The van der Waals surface area contributed by atoms with Gasteiger partial charge in [-0.3, -0.25) is 9.59 Å². The second kappa shape index (κ2) is 7.66. The average molecular weight is 391 g/mol. The number of hydrogen-bond acceptors (Lipinski definition) is 3. The third-order valence-corrected chi connectivity index (χ3v) is 4.70. The van der Waals surface area contributed by atoms with Gasteiger partial charge in [0.1, 0.15) is 5.76 Å². The Labute approximate surface area is 149 Å². The molecule has 1 aliphatic heterocycles. The van der Waals surface area contributed by atoms with E-state index in [0.717, 1.165) is 10.2 Å². The number of carbonyl (C=O) groups is 2. The predicted molar refractivity (Wildman–Crippen MR) is 93.7 cm³/mol. The van der Waals surface area contributed by atoms with E-state index in [2.05, 4.69) is 15.9 Å². The molecular weight excluding hydrogens is 372 g/mol. The van der Waals surface area contributed by atoms with Crippen LogP contribution >= 0.6 is 15.9 Å². The highest BCUT2D eigenvalue weighted by molar-refractivity contribution is 9.10. The summed E-state index contributed by atoms with van der Waals surface area (Å²) >= 11 is 3.37. The molecule has 0 aliphatic carbocycles. The van der Waals surface area contributed by atoms with E-state index in [1.165, 1.54) is 0 Å². The summed E-state index contributed by atoms with van der Waals surface area (Å²) in [6.45, 7) is 2.31. The molecular formula is C18H19BrN2O3. The van der Waals surface area contributed by atoms with Gasteiger partial charge in [-0.1, -0.05) is 15.9 Å². The Hall–Kier alpha value is -2.08. The molecule has 0 bridgehead atoms. The van der Waals surface area contributed by atoms with Crippen molar-refractivity contribution in [2.24, 2.45) is 0 Å². The first-order chi connectivity index (χ1) is 11.6. The Morgan fingerprint density at radius 2 is 1.67 bits per heavy atom. The number of rotatable bonds is 4. The summed E-state index contributed by atoms with van der Waals surface area (Å²) in [7, 11) is 0. The number of amides is 2. The Bertz CT molecular complexity index is 690. The molecule has 126 valence electrons. The summed E-state index contributed by atoms with van der Waals surface area (Å²) in [4.78, 5) is 28.3. The molecule has 1 aromatic carbocycles. The molecule has 5 nitrogen and oxygen atoms in total. The van der Waals surface area contributed by atoms with Crippen LogP contribution in [0.4, 0.5) is 0 Å². The van der Waals surface area contributed by atoms with Crippen LogP contribution < -0.4 is 0 Å². The van der Waals surface area contributed by atoms with Gasteiger partial charge in [0.05, 0.1) is 6.26 Å². The minimum atomic E-state index is 0.0187. The average Bonchev–Trinajstić information content (AvgIpc) is 3.13. The molecule has 0 unspecified atom stereocenters. The number of nitrogens with zero attached hydrogens (tertiary/aromatic N) is 2. The van der Waals surface area contributed by atoms with Crippen molar-refractivity contribution in [2.45, 2.75) is 12.8 Å². The lowest BCUT2D eigenvalue weighted by atomic mass is 10.1. The molecule has 0 saturated carbocycles. The fraction of sp³-hybridized carbons (Fsp3) is 0.333. The van der Waals surface area contributed by atoms with Crippen LogP contribution in [0.5, 0.6) is 0 Å². The second-order valence-electron chi connectivity index (χ2n) is 5.76. The smallest absolute Gasteiger partial charge is 0.253 e. The van der Waals surface area contributed by atoms with Crippen LogP contribution in [0, 0.1) is 0 Å². The molecule has 0 atom stereocenters. The SMILES string of the molecule is O=C(CCc1ccco1)N1CCN(C(=O)c2ccc(Br)cc2)CC1. The van der Waals surface area contributed by atoms with Crippen molar-refractivity contribution in [1.82, 2.24) is 9.80 Å². The summed E-state index contributed by atoms with van der Waals surface area (Å²) in [6, 6.07) is 11.1. The summed E-state index contributed by atoms with van der Waals surface area (Å²) in [5.74, 6) is 0.958. The van der Waals surface area contributed by atoms with E-state index in [1.807, 2.05) is 41.3 Å². The van der Waals surface area contributed by atoms with E-state index in [-0.39, 0.29) is 11.8 Å². The van der Waals surface area contributed by atoms with Gasteiger partial charge in [0.15, 0.2) is 0 Å². The van der Waals surface area contributed by atoms with Crippen LogP contribution in [0.2, 0.25) is 0 Å². The first kappa shape index (κ1) is 16.8. The van der Waals surface area contributed by atoms with Gasteiger partial charge in [0, 0.05) is 49.1 Å². The third kappa shape index (κ3) is 4.06. The molecule has 0 spiro atoms. The standard InChI is InChI=1S/C18H19BrN2O3/c19-15-5-3-14(4-6-15)18(23)21-11-9-20(10-12-21)17(22)8-7-16-2-1-13-24-16/h1-6,13H,7-12H2. The molecule has 3 rings (SSSR count). The largest absolute Gasteiger partial charge is 0.469 e. The van der Waals surface area contributed by atoms with E-state index in [0.29, 0.717) is 44.6 Å². The maximum Gasteiger partial charge on any atom is 0.253 e. The Kier molecular flexibility index (Phi) is 5.35. The highest BCUT2D eigenvalue weighted by atomic mass is 79.9. The Morgan fingerprint density at radius 3 is 2.29 bits per heavy atom. The molecule has 2 amide bonds. The van der Waals surface area contributed by atoms with Crippen molar-refractivity contribution >= 4 is 27.7 Å². The molecule has 0 N–H and O–H groups in total. The van der Waals surface area contributed by atoms with E-state index in [4.69, 9.17) is 4.42 Å². The predicted octanol–water partition coefficient (Wildman–Crippen LogP) is 2.96. The maximum absolute atomic E-state index is 12.5. The number of furan rings is 1. The van der Waals surface area contributed by atoms with Crippen LogP contribution in [-0.4, -0.2) is 47.8 Å². The van der Waals surface area contributed by atoms with Gasteiger partial charge in [-0.2, -0.15) is 0 Å². The van der Waals surface area contributed by atoms with Gasteiger partial charge < -0.3 is 14.2 Å². The molecule has 2 aromatic rings. The van der Waals surface area contributed by atoms with Crippen molar-refractivity contribution in [1.29, 1.82) is 0 Å². The Morgan fingerprint density at radius 1 is 1.00 bits per heavy atom. The monoisotopic (exact) mass is 390 g/mol.